The van der Waals surface area contributed by atoms with E-state index in [4.69, 9.17) is 0 Å². The first-order chi connectivity index (χ1) is 11.8. The third kappa shape index (κ3) is 4.08. The topological polar surface area (TPSA) is 62.2 Å². The summed E-state index contributed by atoms with van der Waals surface area (Å²) in [6, 6.07) is 10.3. The molecule has 0 aliphatic heterocycles. The van der Waals surface area contributed by atoms with Gasteiger partial charge in [0.15, 0.2) is 5.96 Å². The predicted octanol–water partition coefficient (Wildman–Crippen LogP) is 2.91. The lowest BCUT2D eigenvalue weighted by Gasteiger charge is -2.12. The van der Waals surface area contributed by atoms with Crippen molar-refractivity contribution in [3.05, 3.63) is 58.2 Å². The zero-order chi connectivity index (χ0) is 16.8. The SMILES string of the molecule is CN=C(NCCc1ncc(C)s1)NCc1cccc2cccnc12. The zero-order valence-electron chi connectivity index (χ0n) is 13.9. The lowest BCUT2D eigenvalue weighted by Crippen LogP contribution is -2.37. The Morgan fingerprint density at radius 2 is 2.04 bits per heavy atom. The van der Waals surface area contributed by atoms with Crippen molar-refractivity contribution in [3.8, 4) is 0 Å². The summed E-state index contributed by atoms with van der Waals surface area (Å²) >= 11 is 1.74. The lowest BCUT2D eigenvalue weighted by molar-refractivity contribution is 0.793. The monoisotopic (exact) mass is 339 g/mol. The summed E-state index contributed by atoms with van der Waals surface area (Å²) in [6.45, 7) is 3.57. The van der Waals surface area contributed by atoms with E-state index in [9.17, 15) is 0 Å². The van der Waals surface area contributed by atoms with Gasteiger partial charge >= 0.3 is 0 Å². The van der Waals surface area contributed by atoms with E-state index < -0.39 is 0 Å². The molecule has 2 N–H and O–H groups in total. The second kappa shape index (κ2) is 7.88. The second-order valence-electron chi connectivity index (χ2n) is 5.46. The van der Waals surface area contributed by atoms with Gasteiger partial charge in [0.2, 0.25) is 0 Å². The Hall–Kier alpha value is -2.47. The van der Waals surface area contributed by atoms with Crippen LogP contribution < -0.4 is 10.6 Å². The maximum absolute atomic E-state index is 4.48. The van der Waals surface area contributed by atoms with Crippen LogP contribution in [0.15, 0.2) is 47.7 Å². The number of pyridine rings is 1. The molecule has 0 aliphatic carbocycles. The number of hydrogen-bond acceptors (Lipinski definition) is 4. The van der Waals surface area contributed by atoms with E-state index in [2.05, 4.69) is 56.8 Å². The summed E-state index contributed by atoms with van der Waals surface area (Å²) in [6.07, 6.45) is 4.64. The number of guanidine groups is 1. The van der Waals surface area contributed by atoms with Crippen LogP contribution in [0.3, 0.4) is 0 Å². The zero-order valence-corrected chi connectivity index (χ0v) is 14.7. The van der Waals surface area contributed by atoms with E-state index in [-0.39, 0.29) is 0 Å². The van der Waals surface area contributed by atoms with E-state index >= 15 is 0 Å². The third-order valence-corrected chi connectivity index (χ3v) is 4.66. The highest BCUT2D eigenvalue weighted by Crippen LogP contribution is 2.15. The van der Waals surface area contributed by atoms with Crippen molar-refractivity contribution in [2.75, 3.05) is 13.6 Å². The first kappa shape index (κ1) is 16.4. The van der Waals surface area contributed by atoms with Crippen LogP contribution in [0.2, 0.25) is 0 Å². The number of nitrogens with one attached hydrogen (secondary N) is 2. The van der Waals surface area contributed by atoms with Crippen molar-refractivity contribution in [2.45, 2.75) is 19.9 Å². The van der Waals surface area contributed by atoms with Gasteiger partial charge in [0.1, 0.15) is 0 Å². The van der Waals surface area contributed by atoms with Gasteiger partial charge in [0.05, 0.1) is 10.5 Å². The summed E-state index contributed by atoms with van der Waals surface area (Å²) in [5, 5.41) is 8.98. The Morgan fingerprint density at radius 1 is 1.17 bits per heavy atom. The van der Waals surface area contributed by atoms with Crippen molar-refractivity contribution in [2.24, 2.45) is 4.99 Å². The molecule has 0 unspecified atom stereocenters. The quantitative estimate of drug-likeness (QED) is 0.554. The van der Waals surface area contributed by atoms with Crippen LogP contribution in [0.4, 0.5) is 0 Å². The maximum Gasteiger partial charge on any atom is 0.191 e. The number of nitrogens with zero attached hydrogens (tertiary/aromatic N) is 3. The van der Waals surface area contributed by atoms with Crippen LogP contribution in [-0.4, -0.2) is 29.5 Å². The molecule has 6 heteroatoms. The largest absolute Gasteiger partial charge is 0.356 e. The van der Waals surface area contributed by atoms with Gasteiger partial charge in [-0.15, -0.1) is 11.3 Å². The highest BCUT2D eigenvalue weighted by Gasteiger charge is 2.04. The molecule has 3 rings (SSSR count). The minimum Gasteiger partial charge on any atom is -0.356 e. The standard InChI is InChI=1S/C18H21N5S/c1-13-11-22-16(24-13)8-10-21-18(19-2)23-12-15-6-3-5-14-7-4-9-20-17(14)15/h3-7,9,11H,8,10,12H2,1-2H3,(H2,19,21,23). The first-order valence-electron chi connectivity index (χ1n) is 7.94. The minimum atomic E-state index is 0.685. The van der Waals surface area contributed by atoms with E-state index in [0.29, 0.717) is 6.54 Å². The number of fused-ring (bicyclic) bond motifs is 1. The number of aryl methyl sites for hydroxylation is 1. The summed E-state index contributed by atoms with van der Waals surface area (Å²) in [7, 11) is 1.78. The molecule has 5 nitrogen and oxygen atoms in total. The molecule has 0 atom stereocenters. The number of aliphatic imine (C=N–C) groups is 1. The molecule has 2 heterocycles. The van der Waals surface area contributed by atoms with Gasteiger partial charge in [-0.3, -0.25) is 9.98 Å². The molecular weight excluding hydrogens is 318 g/mol. The Morgan fingerprint density at radius 3 is 2.83 bits per heavy atom. The Bertz CT molecular complexity index is 835. The van der Waals surface area contributed by atoms with Crippen LogP contribution in [-0.2, 0) is 13.0 Å². The fourth-order valence-electron chi connectivity index (χ4n) is 2.51. The van der Waals surface area contributed by atoms with Gasteiger partial charge in [0.25, 0.3) is 0 Å². The van der Waals surface area contributed by atoms with Crippen molar-refractivity contribution < 1.29 is 0 Å². The van der Waals surface area contributed by atoms with E-state index in [1.165, 1.54) is 4.88 Å². The predicted molar refractivity (Wildman–Crippen MR) is 100 cm³/mol. The lowest BCUT2D eigenvalue weighted by atomic mass is 10.1. The first-order valence-corrected chi connectivity index (χ1v) is 8.76. The fraction of sp³-hybridized carbons (Fsp3) is 0.278. The molecule has 0 radical (unpaired) electrons. The van der Waals surface area contributed by atoms with Crippen LogP contribution in [0, 0.1) is 6.92 Å². The van der Waals surface area contributed by atoms with Crippen molar-refractivity contribution in [1.29, 1.82) is 0 Å². The van der Waals surface area contributed by atoms with Crippen molar-refractivity contribution in [1.82, 2.24) is 20.6 Å². The Balaban J connectivity index is 1.55. The summed E-state index contributed by atoms with van der Waals surface area (Å²) < 4.78 is 0. The molecule has 0 spiro atoms. The molecule has 0 aliphatic rings. The van der Waals surface area contributed by atoms with Crippen molar-refractivity contribution in [3.63, 3.8) is 0 Å². The average Bonchev–Trinajstić information content (AvgIpc) is 3.03. The fourth-order valence-corrected chi connectivity index (χ4v) is 3.30. The summed E-state index contributed by atoms with van der Waals surface area (Å²) in [5.41, 5.74) is 2.19. The Labute approximate surface area is 145 Å². The molecule has 0 amide bonds. The Kier molecular flexibility index (Phi) is 5.38. The van der Waals surface area contributed by atoms with Gasteiger partial charge in [-0.25, -0.2) is 4.98 Å². The average molecular weight is 339 g/mol. The molecule has 1 aromatic carbocycles. The highest BCUT2D eigenvalue weighted by molar-refractivity contribution is 7.11. The van der Waals surface area contributed by atoms with Crippen LogP contribution in [0.25, 0.3) is 10.9 Å². The second-order valence-corrected chi connectivity index (χ2v) is 6.78. The number of benzene rings is 1. The normalized spacial score (nSPS) is 11.7. The van der Waals surface area contributed by atoms with Crippen LogP contribution >= 0.6 is 11.3 Å². The summed E-state index contributed by atoms with van der Waals surface area (Å²) in [4.78, 5) is 14.4. The number of aromatic nitrogens is 2. The van der Waals surface area contributed by atoms with Gasteiger partial charge < -0.3 is 10.6 Å². The minimum absolute atomic E-state index is 0.685. The van der Waals surface area contributed by atoms with E-state index in [0.717, 1.165) is 40.4 Å². The molecule has 2 aromatic heterocycles. The molecule has 3 aromatic rings. The van der Waals surface area contributed by atoms with Gasteiger partial charge in [-0.05, 0) is 18.6 Å². The van der Waals surface area contributed by atoms with Crippen LogP contribution in [0.1, 0.15) is 15.4 Å². The molecule has 0 saturated carbocycles. The molecule has 124 valence electrons. The number of rotatable bonds is 5. The van der Waals surface area contributed by atoms with Crippen LogP contribution in [0.5, 0.6) is 0 Å². The number of thiazole rings is 1. The van der Waals surface area contributed by atoms with Gasteiger partial charge in [-0.1, -0.05) is 24.3 Å². The summed E-state index contributed by atoms with van der Waals surface area (Å²) in [5.74, 6) is 0.788. The smallest absolute Gasteiger partial charge is 0.191 e. The molecular formula is C18H21N5S. The number of hydrogen-bond donors (Lipinski definition) is 2. The van der Waals surface area contributed by atoms with E-state index in [1.807, 2.05) is 18.5 Å². The maximum atomic E-state index is 4.48. The highest BCUT2D eigenvalue weighted by atomic mass is 32.1. The van der Waals surface area contributed by atoms with E-state index in [1.54, 1.807) is 18.4 Å². The van der Waals surface area contributed by atoms with Crippen molar-refractivity contribution >= 4 is 28.2 Å². The van der Waals surface area contributed by atoms with Gasteiger partial charge in [-0.2, -0.15) is 0 Å². The molecule has 0 fully saturated rings. The molecule has 24 heavy (non-hydrogen) atoms. The molecule has 0 bridgehead atoms. The third-order valence-electron chi connectivity index (χ3n) is 3.69. The molecule has 0 saturated heterocycles. The van der Waals surface area contributed by atoms with Gasteiger partial charge in [0, 0.05) is 49.2 Å². The number of para-hydroxylation sites is 1.